The normalized spacial score (nSPS) is 30.1. The van der Waals surface area contributed by atoms with Crippen molar-refractivity contribution in [3.63, 3.8) is 0 Å². The first-order chi connectivity index (χ1) is 15.4. The third-order valence-corrected chi connectivity index (χ3v) is 7.29. The van der Waals surface area contributed by atoms with Gasteiger partial charge in [-0.3, -0.25) is 30.0 Å². The van der Waals surface area contributed by atoms with Crippen LogP contribution in [0.5, 0.6) is 0 Å². The number of halogens is 2. The number of nitrogens with zero attached hydrogens (tertiary/aromatic N) is 2. The maximum absolute atomic E-state index is 13.6. The Kier molecular flexibility index (Phi) is 4.00. The molecule has 2 aliphatic carbocycles. The Balaban J connectivity index is 1.40. The van der Waals surface area contributed by atoms with E-state index in [1.54, 1.807) is 12.1 Å². The fourth-order valence-electron chi connectivity index (χ4n) is 5.79. The molecule has 5 atom stereocenters. The van der Waals surface area contributed by atoms with Crippen LogP contribution < -0.4 is 10.4 Å². The van der Waals surface area contributed by atoms with E-state index in [1.807, 2.05) is 0 Å². The Bertz CT molecular complexity index is 1260. The molecule has 1 N–H and O–H groups in total. The van der Waals surface area contributed by atoms with Crippen LogP contribution in [0.25, 0.3) is 5.70 Å². The van der Waals surface area contributed by atoms with Crippen molar-refractivity contribution in [3.05, 3.63) is 74.6 Å². The molecular weight excluding hydrogens is 441 g/mol. The molecule has 2 heterocycles. The van der Waals surface area contributed by atoms with Gasteiger partial charge >= 0.3 is 0 Å². The first kappa shape index (κ1) is 19.4. The number of rotatable bonds is 3. The van der Waals surface area contributed by atoms with Gasteiger partial charge in [-0.15, -0.1) is 0 Å². The number of amides is 2. The summed E-state index contributed by atoms with van der Waals surface area (Å²) in [5.41, 5.74) is 5.17. The summed E-state index contributed by atoms with van der Waals surface area (Å²) in [4.78, 5) is 44.2. The van der Waals surface area contributed by atoms with Crippen LogP contribution in [0, 0.1) is 39.6 Å². The number of anilines is 1. The van der Waals surface area contributed by atoms with Gasteiger partial charge in [-0.1, -0.05) is 23.7 Å². The predicted octanol–water partition coefficient (Wildman–Crippen LogP) is 3.46. The number of hydrogen-bond acceptors (Lipinski definition) is 6. The van der Waals surface area contributed by atoms with Gasteiger partial charge in [0.1, 0.15) is 11.9 Å². The molecule has 0 unspecified atom stereocenters. The Morgan fingerprint density at radius 3 is 2.69 bits per heavy atom. The predicted molar refractivity (Wildman–Crippen MR) is 111 cm³/mol. The van der Waals surface area contributed by atoms with Crippen LogP contribution >= 0.6 is 11.6 Å². The molecule has 2 aliphatic heterocycles. The molecule has 2 saturated carbocycles. The number of non-ortho nitro benzene ring substituents is 1. The maximum Gasteiger partial charge on any atom is 0.270 e. The highest BCUT2D eigenvalue weighted by molar-refractivity contribution is 6.31. The van der Waals surface area contributed by atoms with Gasteiger partial charge in [0.15, 0.2) is 0 Å². The second-order valence-corrected chi connectivity index (χ2v) is 8.85. The highest BCUT2D eigenvalue weighted by Gasteiger charge is 2.68. The van der Waals surface area contributed by atoms with E-state index in [-0.39, 0.29) is 46.2 Å². The largest absolute Gasteiger partial charge is 0.274 e. The lowest BCUT2D eigenvalue weighted by Crippen LogP contribution is -2.35. The van der Waals surface area contributed by atoms with Gasteiger partial charge in [0.2, 0.25) is 11.8 Å². The molecule has 2 aromatic carbocycles. The number of nitro benzene ring substituents is 1. The zero-order valence-electron chi connectivity index (χ0n) is 16.3. The standard InChI is InChI=1S/C22H15ClFN3O5/c23-14-7-10(4-5-15(14)24)26-21(28)16-12-8-13(17(16)22(26)29)20-18(12)19(25-32-20)9-2-1-3-11(6-9)27(30)31/h1-7,12-13,16-17,20,25H,8H2/t12-,13+,16+,17-,20+/m0/s1. The fraction of sp³-hybridized carbons (Fsp3) is 0.273. The third kappa shape index (κ3) is 2.46. The Hall–Kier alpha value is -3.30. The molecule has 1 saturated heterocycles. The van der Waals surface area contributed by atoms with E-state index < -0.39 is 22.6 Å². The molecule has 3 fully saturated rings. The summed E-state index contributed by atoms with van der Waals surface area (Å²) in [6.07, 6.45) is 0.245. The van der Waals surface area contributed by atoms with E-state index in [4.69, 9.17) is 16.4 Å². The Morgan fingerprint density at radius 1 is 1.16 bits per heavy atom. The van der Waals surface area contributed by atoms with E-state index in [0.717, 1.165) is 16.5 Å². The number of benzene rings is 2. The summed E-state index contributed by atoms with van der Waals surface area (Å²) in [5, 5.41) is 11.0. The van der Waals surface area contributed by atoms with Crippen LogP contribution in [-0.4, -0.2) is 22.8 Å². The molecule has 32 heavy (non-hydrogen) atoms. The summed E-state index contributed by atoms with van der Waals surface area (Å²) in [7, 11) is 0. The quantitative estimate of drug-likeness (QED) is 0.432. The summed E-state index contributed by atoms with van der Waals surface area (Å²) >= 11 is 5.87. The van der Waals surface area contributed by atoms with E-state index in [9.17, 15) is 24.1 Å². The number of hydrogen-bond donors (Lipinski definition) is 1. The van der Waals surface area contributed by atoms with Crippen molar-refractivity contribution in [1.82, 2.24) is 5.48 Å². The average molecular weight is 456 g/mol. The van der Waals surface area contributed by atoms with Gasteiger partial charge in [0, 0.05) is 23.6 Å². The number of imide groups is 1. The van der Waals surface area contributed by atoms with Gasteiger partial charge < -0.3 is 0 Å². The van der Waals surface area contributed by atoms with E-state index >= 15 is 0 Å². The first-order valence-electron chi connectivity index (χ1n) is 10.1. The number of fused-ring (bicyclic) bond motifs is 8. The van der Waals surface area contributed by atoms with Gasteiger partial charge in [0.25, 0.3) is 5.69 Å². The molecule has 10 heteroatoms. The number of carbonyl (C=O) groups is 2. The molecule has 2 aromatic rings. The van der Waals surface area contributed by atoms with E-state index in [2.05, 4.69) is 5.48 Å². The van der Waals surface area contributed by atoms with Crippen molar-refractivity contribution < 1.29 is 23.7 Å². The van der Waals surface area contributed by atoms with Gasteiger partial charge in [0.05, 0.1) is 33.2 Å². The lowest BCUT2D eigenvalue weighted by atomic mass is 9.76. The van der Waals surface area contributed by atoms with E-state index in [0.29, 0.717) is 17.7 Å². The zero-order chi connectivity index (χ0) is 22.3. The molecular formula is C22H15ClFN3O5. The fourth-order valence-corrected chi connectivity index (χ4v) is 5.96. The maximum atomic E-state index is 13.6. The topological polar surface area (TPSA) is 102 Å². The number of nitrogens with one attached hydrogen (secondary N) is 1. The molecule has 0 aromatic heterocycles. The van der Waals surface area contributed by atoms with Crippen molar-refractivity contribution >= 4 is 40.5 Å². The van der Waals surface area contributed by atoms with Crippen LogP contribution in [0.4, 0.5) is 15.8 Å². The average Bonchev–Trinajstić information content (AvgIpc) is 3.50. The summed E-state index contributed by atoms with van der Waals surface area (Å²) < 4.78 is 13.6. The molecule has 162 valence electrons. The minimum Gasteiger partial charge on any atom is -0.274 e. The molecule has 0 radical (unpaired) electrons. The minimum atomic E-state index is -0.629. The van der Waals surface area contributed by atoms with E-state index in [1.165, 1.54) is 24.3 Å². The lowest BCUT2D eigenvalue weighted by molar-refractivity contribution is -0.384. The molecule has 6 rings (SSSR count). The molecule has 4 aliphatic rings. The van der Waals surface area contributed by atoms with Crippen molar-refractivity contribution in [2.24, 2.45) is 23.7 Å². The van der Waals surface area contributed by atoms with Crippen molar-refractivity contribution in [1.29, 1.82) is 0 Å². The van der Waals surface area contributed by atoms with Crippen molar-refractivity contribution in [2.45, 2.75) is 12.5 Å². The smallest absolute Gasteiger partial charge is 0.270 e. The van der Waals surface area contributed by atoms with Crippen LogP contribution in [0.2, 0.25) is 5.02 Å². The number of carbonyl (C=O) groups excluding carboxylic acids is 2. The van der Waals surface area contributed by atoms with Gasteiger partial charge in [-0.25, -0.2) is 9.29 Å². The Morgan fingerprint density at radius 2 is 1.94 bits per heavy atom. The van der Waals surface area contributed by atoms with Gasteiger partial charge in [-0.2, -0.15) is 0 Å². The zero-order valence-corrected chi connectivity index (χ0v) is 17.1. The number of nitro groups is 1. The van der Waals surface area contributed by atoms with Gasteiger partial charge in [-0.05, 0) is 36.1 Å². The minimum absolute atomic E-state index is 0.0478. The molecule has 0 spiro atoms. The highest BCUT2D eigenvalue weighted by Crippen LogP contribution is 2.62. The van der Waals surface area contributed by atoms with Crippen LogP contribution in [-0.2, 0) is 14.4 Å². The number of hydroxylamine groups is 1. The van der Waals surface area contributed by atoms with Crippen molar-refractivity contribution in [2.75, 3.05) is 4.90 Å². The van der Waals surface area contributed by atoms with Crippen LogP contribution in [0.3, 0.4) is 0 Å². The third-order valence-electron chi connectivity index (χ3n) is 7.00. The summed E-state index contributed by atoms with van der Waals surface area (Å²) in [6, 6.07) is 9.98. The lowest BCUT2D eigenvalue weighted by Gasteiger charge is -2.26. The molecule has 2 bridgehead atoms. The molecule has 2 amide bonds. The van der Waals surface area contributed by atoms with Crippen LogP contribution in [0.1, 0.15) is 12.0 Å². The SMILES string of the molecule is O=C1[C@H]2[C@H]3C[C@H](C4=C(c5cccc([N+](=O)[O-])c5)NO[C@@H]43)[C@H]2C(=O)N1c1ccc(F)c(Cl)c1. The second kappa shape index (κ2) is 6.60. The van der Waals surface area contributed by atoms with Crippen LogP contribution in [0.15, 0.2) is 48.0 Å². The summed E-state index contributed by atoms with van der Waals surface area (Å²) in [5.74, 6) is -2.81. The summed E-state index contributed by atoms with van der Waals surface area (Å²) in [6.45, 7) is 0. The first-order valence-corrected chi connectivity index (χ1v) is 10.5. The second-order valence-electron chi connectivity index (χ2n) is 8.45. The monoisotopic (exact) mass is 455 g/mol. The molecule has 8 nitrogen and oxygen atoms in total. The Labute approximate surface area is 185 Å². The highest BCUT2D eigenvalue weighted by atomic mass is 35.5. The van der Waals surface area contributed by atoms with Crippen molar-refractivity contribution in [3.8, 4) is 0 Å².